The van der Waals surface area contributed by atoms with Gasteiger partial charge < -0.3 is 14.6 Å². The molecule has 122 valence electrons. The summed E-state index contributed by atoms with van der Waals surface area (Å²) >= 11 is 5.87. The lowest BCUT2D eigenvalue weighted by Gasteiger charge is -2.05. The van der Waals surface area contributed by atoms with Crippen LogP contribution in [-0.4, -0.2) is 29.8 Å². The van der Waals surface area contributed by atoms with Gasteiger partial charge in [-0.2, -0.15) is 4.98 Å². The molecule has 1 heterocycles. The van der Waals surface area contributed by atoms with Crippen LogP contribution in [0.1, 0.15) is 0 Å². The van der Waals surface area contributed by atoms with Gasteiger partial charge in [0, 0.05) is 28.9 Å². The zero-order chi connectivity index (χ0) is 16.9. The predicted octanol–water partition coefficient (Wildman–Crippen LogP) is 3.64. The van der Waals surface area contributed by atoms with Crippen LogP contribution < -0.4 is 5.32 Å². The summed E-state index contributed by atoms with van der Waals surface area (Å²) < 4.78 is 10.1. The Bertz CT molecular complexity index is 846. The Kier molecular flexibility index (Phi) is 4.88. The van der Waals surface area contributed by atoms with Crippen molar-refractivity contribution in [1.82, 2.24) is 10.1 Å². The summed E-state index contributed by atoms with van der Waals surface area (Å²) in [6.45, 7) is -0.00843. The van der Waals surface area contributed by atoms with Gasteiger partial charge in [-0.1, -0.05) is 22.8 Å². The fourth-order valence-electron chi connectivity index (χ4n) is 2.12. The van der Waals surface area contributed by atoms with E-state index >= 15 is 0 Å². The van der Waals surface area contributed by atoms with Gasteiger partial charge in [0.1, 0.15) is 6.61 Å². The summed E-state index contributed by atoms with van der Waals surface area (Å²) in [4.78, 5) is 16.0. The zero-order valence-electron chi connectivity index (χ0n) is 12.8. The van der Waals surface area contributed by atoms with Crippen molar-refractivity contribution in [1.29, 1.82) is 0 Å². The molecule has 24 heavy (non-hydrogen) atoms. The number of halogens is 1. The molecule has 0 fully saturated rings. The highest BCUT2D eigenvalue weighted by molar-refractivity contribution is 6.30. The van der Waals surface area contributed by atoms with Crippen LogP contribution in [0.2, 0.25) is 5.02 Å². The molecule has 0 radical (unpaired) electrons. The van der Waals surface area contributed by atoms with Crippen molar-refractivity contribution >= 4 is 23.2 Å². The molecule has 1 N–H and O–H groups in total. The largest absolute Gasteiger partial charge is 0.375 e. The van der Waals surface area contributed by atoms with E-state index < -0.39 is 0 Å². The first kappa shape index (κ1) is 16.2. The van der Waals surface area contributed by atoms with Crippen LogP contribution in [0.3, 0.4) is 0 Å². The lowest BCUT2D eigenvalue weighted by Crippen LogP contribution is -2.16. The summed E-state index contributed by atoms with van der Waals surface area (Å²) in [5.41, 5.74) is 2.14. The Balaban J connectivity index is 1.82. The Morgan fingerprint density at radius 1 is 1.21 bits per heavy atom. The highest BCUT2D eigenvalue weighted by atomic mass is 35.5. The molecule has 1 amide bonds. The highest BCUT2D eigenvalue weighted by Gasteiger charge is 2.11. The summed E-state index contributed by atoms with van der Waals surface area (Å²) in [6.07, 6.45) is 0. The van der Waals surface area contributed by atoms with Crippen molar-refractivity contribution < 1.29 is 14.1 Å². The van der Waals surface area contributed by atoms with E-state index in [1.54, 1.807) is 30.3 Å². The molecule has 0 aliphatic carbocycles. The number of benzene rings is 2. The number of hydrogen-bond acceptors (Lipinski definition) is 5. The fourth-order valence-corrected chi connectivity index (χ4v) is 2.24. The molecule has 6 nitrogen and oxygen atoms in total. The molecular formula is C17H14ClN3O3. The minimum Gasteiger partial charge on any atom is -0.375 e. The van der Waals surface area contributed by atoms with Crippen molar-refractivity contribution in [3.8, 4) is 22.8 Å². The molecule has 0 saturated heterocycles. The number of rotatable bonds is 5. The molecule has 7 heteroatoms. The third kappa shape index (κ3) is 3.79. The number of hydrogen-bond donors (Lipinski definition) is 1. The average Bonchev–Trinajstić information content (AvgIpc) is 3.06. The Labute approximate surface area is 143 Å². The first-order valence-corrected chi connectivity index (χ1v) is 7.52. The summed E-state index contributed by atoms with van der Waals surface area (Å²) in [7, 11) is 1.47. The molecule has 3 rings (SSSR count). The monoisotopic (exact) mass is 343 g/mol. The van der Waals surface area contributed by atoms with Crippen LogP contribution in [0, 0.1) is 0 Å². The molecule has 0 saturated carbocycles. The van der Waals surface area contributed by atoms with Gasteiger partial charge in [0.05, 0.1) is 0 Å². The SMILES string of the molecule is COCC(=O)Nc1cccc(-c2nc(-c3ccc(Cl)cc3)no2)c1. The Morgan fingerprint density at radius 3 is 2.75 bits per heavy atom. The maximum atomic E-state index is 11.6. The van der Waals surface area contributed by atoms with Gasteiger partial charge in [0.15, 0.2) is 0 Å². The fraction of sp³-hybridized carbons (Fsp3) is 0.118. The van der Waals surface area contributed by atoms with E-state index in [9.17, 15) is 4.79 Å². The molecule has 0 bridgehead atoms. The van der Waals surface area contributed by atoms with Crippen LogP contribution in [0.4, 0.5) is 5.69 Å². The second-order valence-electron chi connectivity index (χ2n) is 4.99. The van der Waals surface area contributed by atoms with E-state index in [2.05, 4.69) is 15.5 Å². The quantitative estimate of drug-likeness (QED) is 0.765. The van der Waals surface area contributed by atoms with Crippen LogP contribution in [-0.2, 0) is 9.53 Å². The van der Waals surface area contributed by atoms with Gasteiger partial charge in [-0.15, -0.1) is 0 Å². The van der Waals surface area contributed by atoms with Gasteiger partial charge in [-0.25, -0.2) is 0 Å². The number of methoxy groups -OCH3 is 1. The molecule has 0 unspecified atom stereocenters. The third-order valence-corrected chi connectivity index (χ3v) is 3.45. The lowest BCUT2D eigenvalue weighted by molar-refractivity contribution is -0.119. The Morgan fingerprint density at radius 2 is 2.00 bits per heavy atom. The van der Waals surface area contributed by atoms with Crippen LogP contribution in [0.5, 0.6) is 0 Å². The van der Waals surface area contributed by atoms with Crippen molar-refractivity contribution in [2.24, 2.45) is 0 Å². The first-order valence-electron chi connectivity index (χ1n) is 7.14. The van der Waals surface area contributed by atoms with Crippen molar-refractivity contribution in [2.45, 2.75) is 0 Å². The van der Waals surface area contributed by atoms with Crippen molar-refractivity contribution in [3.63, 3.8) is 0 Å². The van der Waals surface area contributed by atoms with E-state index in [1.807, 2.05) is 18.2 Å². The normalized spacial score (nSPS) is 10.6. The van der Waals surface area contributed by atoms with Gasteiger partial charge in [-0.05, 0) is 42.5 Å². The summed E-state index contributed by atoms with van der Waals surface area (Å²) in [5.74, 6) is 0.598. The Hall–Kier alpha value is -2.70. The molecule has 0 atom stereocenters. The molecule has 0 spiro atoms. The first-order chi connectivity index (χ1) is 11.7. The lowest BCUT2D eigenvalue weighted by atomic mass is 10.2. The number of carbonyl (C=O) groups is 1. The van der Waals surface area contributed by atoms with Crippen molar-refractivity contribution in [3.05, 3.63) is 53.6 Å². The van der Waals surface area contributed by atoms with Crippen LogP contribution in [0.15, 0.2) is 53.1 Å². The van der Waals surface area contributed by atoms with Crippen molar-refractivity contribution in [2.75, 3.05) is 19.0 Å². The van der Waals surface area contributed by atoms with Crippen LogP contribution >= 0.6 is 11.6 Å². The molecule has 2 aromatic carbocycles. The zero-order valence-corrected chi connectivity index (χ0v) is 13.6. The average molecular weight is 344 g/mol. The molecule has 1 aromatic heterocycles. The second kappa shape index (κ2) is 7.25. The standard InChI is InChI=1S/C17H14ClN3O3/c1-23-10-15(22)19-14-4-2-3-12(9-14)17-20-16(21-24-17)11-5-7-13(18)8-6-11/h2-9H,10H2,1H3,(H,19,22). The number of amides is 1. The molecule has 0 aliphatic heterocycles. The van der Waals surface area contributed by atoms with E-state index in [0.717, 1.165) is 5.56 Å². The third-order valence-electron chi connectivity index (χ3n) is 3.20. The smallest absolute Gasteiger partial charge is 0.258 e. The minimum absolute atomic E-state index is 0.00843. The predicted molar refractivity (Wildman–Crippen MR) is 90.7 cm³/mol. The van der Waals surface area contributed by atoms with E-state index in [0.29, 0.717) is 28.0 Å². The van der Waals surface area contributed by atoms with E-state index in [4.69, 9.17) is 20.9 Å². The maximum Gasteiger partial charge on any atom is 0.258 e. The van der Waals surface area contributed by atoms with Gasteiger partial charge in [0.25, 0.3) is 5.89 Å². The number of carbonyl (C=O) groups excluding carboxylic acids is 1. The number of ether oxygens (including phenoxy) is 1. The number of nitrogens with zero attached hydrogens (tertiary/aromatic N) is 2. The maximum absolute atomic E-state index is 11.6. The number of nitrogens with one attached hydrogen (secondary N) is 1. The van der Waals surface area contributed by atoms with Crippen LogP contribution in [0.25, 0.3) is 22.8 Å². The van der Waals surface area contributed by atoms with Gasteiger partial charge in [-0.3, -0.25) is 4.79 Å². The summed E-state index contributed by atoms with van der Waals surface area (Å²) in [5, 5.41) is 7.35. The highest BCUT2D eigenvalue weighted by Crippen LogP contribution is 2.25. The second-order valence-corrected chi connectivity index (χ2v) is 5.43. The number of anilines is 1. The molecule has 0 aliphatic rings. The van der Waals surface area contributed by atoms with Gasteiger partial charge >= 0.3 is 0 Å². The minimum atomic E-state index is -0.234. The topological polar surface area (TPSA) is 77.2 Å². The van der Waals surface area contributed by atoms with E-state index in [1.165, 1.54) is 7.11 Å². The molecular weight excluding hydrogens is 330 g/mol. The van der Waals surface area contributed by atoms with E-state index in [-0.39, 0.29) is 12.5 Å². The van der Waals surface area contributed by atoms with Gasteiger partial charge in [0.2, 0.25) is 11.7 Å². The number of aromatic nitrogens is 2. The summed E-state index contributed by atoms with van der Waals surface area (Å²) in [6, 6.07) is 14.3. The molecule has 3 aromatic rings.